The van der Waals surface area contributed by atoms with E-state index in [1.165, 1.54) is 16.0 Å². The van der Waals surface area contributed by atoms with Gasteiger partial charge in [-0.15, -0.1) is 11.8 Å². The summed E-state index contributed by atoms with van der Waals surface area (Å²) < 4.78 is 10.7. The molecule has 0 aromatic heterocycles. The van der Waals surface area contributed by atoms with E-state index in [9.17, 15) is 0 Å². The van der Waals surface area contributed by atoms with Crippen molar-refractivity contribution in [2.45, 2.75) is 16.6 Å². The van der Waals surface area contributed by atoms with Crippen LogP contribution in [0.1, 0.15) is 17.0 Å². The molecule has 3 heteroatoms. The van der Waals surface area contributed by atoms with E-state index in [1.54, 1.807) is 7.11 Å². The number of methoxy groups -OCH3 is 1. The fourth-order valence-corrected chi connectivity index (χ4v) is 3.25. The Hall–Kier alpha value is -1.45. The highest BCUT2D eigenvalue weighted by Crippen LogP contribution is 2.35. The Morgan fingerprint density at radius 3 is 2.60 bits per heavy atom. The average molecular weight is 286 g/mol. The molecule has 3 rings (SSSR count). The Morgan fingerprint density at radius 2 is 1.95 bits per heavy atom. The summed E-state index contributed by atoms with van der Waals surface area (Å²) in [6.07, 6.45) is 0. The van der Waals surface area contributed by atoms with Gasteiger partial charge in [-0.05, 0) is 23.3 Å². The second-order valence-electron chi connectivity index (χ2n) is 4.92. The van der Waals surface area contributed by atoms with Gasteiger partial charge in [0.15, 0.2) is 0 Å². The molecule has 2 aromatic carbocycles. The van der Waals surface area contributed by atoms with Crippen LogP contribution in [0.5, 0.6) is 5.75 Å². The van der Waals surface area contributed by atoms with Crippen molar-refractivity contribution >= 4 is 11.8 Å². The van der Waals surface area contributed by atoms with Crippen LogP contribution in [0.3, 0.4) is 0 Å². The Morgan fingerprint density at radius 1 is 1.15 bits per heavy atom. The van der Waals surface area contributed by atoms with Gasteiger partial charge in [-0.2, -0.15) is 0 Å². The quantitative estimate of drug-likeness (QED) is 0.771. The smallest absolute Gasteiger partial charge is 0.132 e. The molecule has 0 atom stereocenters. The first-order valence-corrected chi connectivity index (χ1v) is 7.78. The van der Waals surface area contributed by atoms with Gasteiger partial charge < -0.3 is 9.47 Å². The summed E-state index contributed by atoms with van der Waals surface area (Å²) in [5.41, 5.74) is 2.68. The lowest BCUT2D eigenvalue weighted by Crippen LogP contribution is -2.24. The molecule has 104 valence electrons. The first-order chi connectivity index (χ1) is 9.86. The summed E-state index contributed by atoms with van der Waals surface area (Å²) >= 11 is 1.83. The largest absolute Gasteiger partial charge is 0.496 e. The normalized spacial score (nSPS) is 14.8. The zero-order chi connectivity index (χ0) is 13.8. The van der Waals surface area contributed by atoms with E-state index in [1.807, 2.05) is 17.8 Å². The van der Waals surface area contributed by atoms with Crippen LogP contribution in [0.25, 0.3) is 0 Å². The molecule has 0 aliphatic carbocycles. The molecule has 0 N–H and O–H groups in total. The first kappa shape index (κ1) is 13.5. The summed E-state index contributed by atoms with van der Waals surface area (Å²) in [5.74, 6) is 2.47. The summed E-state index contributed by atoms with van der Waals surface area (Å²) in [6.45, 7) is 1.68. The van der Waals surface area contributed by atoms with Crippen LogP contribution in [-0.4, -0.2) is 20.3 Å². The lowest BCUT2D eigenvalue weighted by Gasteiger charge is -2.27. The highest BCUT2D eigenvalue weighted by Gasteiger charge is 2.21. The van der Waals surface area contributed by atoms with Gasteiger partial charge in [0.05, 0.1) is 20.3 Å². The molecule has 0 saturated carbocycles. The van der Waals surface area contributed by atoms with Gasteiger partial charge in [0.1, 0.15) is 5.75 Å². The van der Waals surface area contributed by atoms with Gasteiger partial charge in [0, 0.05) is 16.6 Å². The zero-order valence-corrected chi connectivity index (χ0v) is 12.4. The van der Waals surface area contributed by atoms with Crippen molar-refractivity contribution in [2.24, 2.45) is 0 Å². The summed E-state index contributed by atoms with van der Waals surface area (Å²) in [7, 11) is 1.73. The molecule has 20 heavy (non-hydrogen) atoms. The van der Waals surface area contributed by atoms with Crippen LogP contribution >= 0.6 is 11.8 Å². The van der Waals surface area contributed by atoms with E-state index in [2.05, 4.69) is 42.5 Å². The fourth-order valence-electron chi connectivity index (χ4n) is 2.22. The van der Waals surface area contributed by atoms with Crippen molar-refractivity contribution in [1.82, 2.24) is 0 Å². The predicted octanol–water partition coefficient (Wildman–Crippen LogP) is 4.10. The van der Waals surface area contributed by atoms with Crippen LogP contribution in [0, 0.1) is 0 Å². The van der Waals surface area contributed by atoms with Crippen LogP contribution in [0.2, 0.25) is 0 Å². The molecule has 0 radical (unpaired) electrons. The van der Waals surface area contributed by atoms with E-state index >= 15 is 0 Å². The van der Waals surface area contributed by atoms with Crippen molar-refractivity contribution in [2.75, 3.05) is 20.3 Å². The molecule has 0 spiro atoms. The van der Waals surface area contributed by atoms with Gasteiger partial charge >= 0.3 is 0 Å². The SMILES string of the molecule is COc1ccc(C2COC2)cc1SCc1ccccc1. The third kappa shape index (κ3) is 3.00. The maximum absolute atomic E-state index is 5.47. The Balaban J connectivity index is 1.76. The molecule has 1 aliphatic heterocycles. The molecule has 1 saturated heterocycles. The second kappa shape index (κ2) is 6.33. The molecule has 2 aromatic rings. The van der Waals surface area contributed by atoms with Crippen LogP contribution < -0.4 is 4.74 Å². The molecular formula is C17H18O2S. The molecule has 1 heterocycles. The van der Waals surface area contributed by atoms with E-state index < -0.39 is 0 Å². The number of benzene rings is 2. The van der Waals surface area contributed by atoms with Crippen molar-refractivity contribution < 1.29 is 9.47 Å². The third-order valence-electron chi connectivity index (χ3n) is 3.53. The van der Waals surface area contributed by atoms with Gasteiger partial charge in [-0.3, -0.25) is 0 Å². The summed E-state index contributed by atoms with van der Waals surface area (Å²) in [4.78, 5) is 1.21. The number of ether oxygens (including phenoxy) is 2. The maximum Gasteiger partial charge on any atom is 0.132 e. The molecule has 0 amide bonds. The van der Waals surface area contributed by atoms with Crippen molar-refractivity contribution in [3.63, 3.8) is 0 Å². The predicted molar refractivity (Wildman–Crippen MR) is 82.6 cm³/mol. The molecule has 1 aliphatic rings. The van der Waals surface area contributed by atoms with Crippen molar-refractivity contribution in [3.05, 3.63) is 59.7 Å². The van der Waals surface area contributed by atoms with E-state index in [0.717, 1.165) is 24.7 Å². The fraction of sp³-hybridized carbons (Fsp3) is 0.294. The molecule has 0 bridgehead atoms. The van der Waals surface area contributed by atoms with E-state index in [4.69, 9.17) is 9.47 Å². The highest BCUT2D eigenvalue weighted by molar-refractivity contribution is 7.98. The van der Waals surface area contributed by atoms with E-state index in [-0.39, 0.29) is 0 Å². The maximum atomic E-state index is 5.47. The minimum absolute atomic E-state index is 0.553. The number of hydrogen-bond donors (Lipinski definition) is 0. The highest BCUT2D eigenvalue weighted by atomic mass is 32.2. The number of rotatable bonds is 5. The summed E-state index contributed by atoms with van der Waals surface area (Å²) in [6, 6.07) is 17.0. The number of hydrogen-bond acceptors (Lipinski definition) is 3. The molecular weight excluding hydrogens is 268 g/mol. The van der Waals surface area contributed by atoms with E-state index in [0.29, 0.717) is 5.92 Å². The second-order valence-corrected chi connectivity index (χ2v) is 5.94. The minimum Gasteiger partial charge on any atom is -0.496 e. The third-order valence-corrected chi connectivity index (χ3v) is 4.64. The lowest BCUT2D eigenvalue weighted by molar-refractivity contribution is 0.00832. The first-order valence-electron chi connectivity index (χ1n) is 6.79. The van der Waals surface area contributed by atoms with Crippen molar-refractivity contribution in [1.29, 1.82) is 0 Å². The topological polar surface area (TPSA) is 18.5 Å². The van der Waals surface area contributed by atoms with Crippen LogP contribution in [-0.2, 0) is 10.5 Å². The Labute approximate surface area is 124 Å². The monoisotopic (exact) mass is 286 g/mol. The minimum atomic E-state index is 0.553. The van der Waals surface area contributed by atoms with Crippen molar-refractivity contribution in [3.8, 4) is 5.75 Å². The number of thioether (sulfide) groups is 1. The Kier molecular flexibility index (Phi) is 4.28. The average Bonchev–Trinajstić information content (AvgIpc) is 2.45. The summed E-state index contributed by atoms with van der Waals surface area (Å²) in [5, 5.41) is 0. The molecule has 1 fully saturated rings. The van der Waals surface area contributed by atoms with Gasteiger partial charge in [0.25, 0.3) is 0 Å². The lowest BCUT2D eigenvalue weighted by atomic mass is 9.98. The molecule has 0 unspecified atom stereocenters. The van der Waals surface area contributed by atoms with Gasteiger partial charge in [-0.25, -0.2) is 0 Å². The zero-order valence-electron chi connectivity index (χ0n) is 11.5. The standard InChI is InChI=1S/C17H18O2S/c1-18-16-8-7-14(15-10-19-11-15)9-17(16)20-12-13-5-3-2-4-6-13/h2-9,15H,10-12H2,1H3. The van der Waals surface area contributed by atoms with Crippen LogP contribution in [0.4, 0.5) is 0 Å². The van der Waals surface area contributed by atoms with Gasteiger partial charge in [-0.1, -0.05) is 36.4 Å². The Bertz CT molecular complexity index is 564. The van der Waals surface area contributed by atoms with Crippen LogP contribution in [0.15, 0.2) is 53.4 Å². The molecule has 2 nitrogen and oxygen atoms in total. The van der Waals surface area contributed by atoms with Gasteiger partial charge in [0.2, 0.25) is 0 Å².